The van der Waals surface area contributed by atoms with Crippen molar-refractivity contribution in [1.82, 2.24) is 5.43 Å². The predicted octanol–water partition coefficient (Wildman–Crippen LogP) is 4.54. The van der Waals surface area contributed by atoms with Gasteiger partial charge in [-0.3, -0.25) is 9.59 Å². The molecule has 8 heteroatoms. The molecule has 0 aliphatic rings. The molecule has 3 rings (SSSR count). The molecule has 0 saturated carbocycles. The average molecular weight is 440 g/mol. The molecule has 6 nitrogen and oxygen atoms in total. The zero-order valence-corrected chi connectivity index (χ0v) is 17.1. The molecule has 0 aromatic heterocycles. The topological polar surface area (TPSA) is 79.8 Å². The lowest BCUT2D eigenvalue weighted by molar-refractivity contribution is -0.126. The number of nitrogens with one attached hydrogen (secondary N) is 2. The normalized spacial score (nSPS) is 10.6. The largest absolute Gasteiger partial charge is 0.488 e. The number of nitrogens with zero attached hydrogens (tertiary/aromatic N) is 1. The Bertz CT molecular complexity index is 1070. The second-order valence-electron chi connectivity index (χ2n) is 6.48. The van der Waals surface area contributed by atoms with Crippen LogP contribution in [-0.2, 0) is 16.2 Å². The molecule has 3 aromatic rings. The number of carbonyl (C=O) groups is 2. The highest BCUT2D eigenvalue weighted by Gasteiger charge is 2.09. The van der Waals surface area contributed by atoms with Crippen molar-refractivity contribution in [3.63, 3.8) is 0 Å². The van der Waals surface area contributed by atoms with Crippen molar-refractivity contribution in [1.29, 1.82) is 0 Å². The maximum Gasteiger partial charge on any atom is 0.249 e. The molecule has 0 aliphatic heterocycles. The summed E-state index contributed by atoms with van der Waals surface area (Å²) in [5.41, 5.74) is 4.32. The quantitative estimate of drug-likeness (QED) is 0.307. The number of ether oxygens (including phenoxy) is 1. The summed E-state index contributed by atoms with van der Waals surface area (Å²) in [5, 5.41) is 7.05. The number of hydrogen-bond donors (Lipinski definition) is 2. The fourth-order valence-electron chi connectivity index (χ4n) is 2.56. The molecule has 2 amide bonds. The van der Waals surface area contributed by atoms with Gasteiger partial charge in [-0.15, -0.1) is 0 Å². The molecule has 0 radical (unpaired) electrons. The second-order valence-corrected chi connectivity index (χ2v) is 6.91. The molecule has 0 fully saturated rings. The molecule has 0 spiro atoms. The minimum Gasteiger partial charge on any atom is -0.488 e. The second kappa shape index (κ2) is 10.9. The van der Waals surface area contributed by atoms with Crippen molar-refractivity contribution in [2.24, 2.45) is 5.10 Å². The Morgan fingerprint density at radius 1 is 0.968 bits per heavy atom. The molecule has 0 saturated heterocycles. The molecular weight excluding hydrogens is 421 g/mol. The maximum absolute atomic E-state index is 12.9. The van der Waals surface area contributed by atoms with Crippen LogP contribution >= 0.6 is 11.6 Å². The lowest BCUT2D eigenvalue weighted by atomic mass is 10.2. The minimum absolute atomic E-state index is 0.345. The standard InChI is InChI=1S/C23H19ClFN3O3/c24-18-7-5-16(6-8-18)15-31-21-4-2-1-3-17(21)14-26-28-23(30)13-22(29)27-20-11-9-19(25)10-12-20/h1-12,14H,13,15H2,(H,27,29)(H,28,30). The van der Waals surface area contributed by atoms with Crippen LogP contribution in [0.5, 0.6) is 5.75 Å². The first-order valence-electron chi connectivity index (χ1n) is 9.33. The Labute approximate surface area is 183 Å². The number of benzene rings is 3. The number of anilines is 1. The fourth-order valence-corrected chi connectivity index (χ4v) is 2.68. The third-order valence-electron chi connectivity index (χ3n) is 4.07. The van der Waals surface area contributed by atoms with Crippen LogP contribution in [0.15, 0.2) is 77.9 Å². The first kappa shape index (κ1) is 22.0. The Kier molecular flexibility index (Phi) is 7.73. The lowest BCUT2D eigenvalue weighted by Gasteiger charge is -2.09. The molecule has 0 aliphatic carbocycles. The van der Waals surface area contributed by atoms with E-state index >= 15 is 0 Å². The molecule has 31 heavy (non-hydrogen) atoms. The first-order valence-corrected chi connectivity index (χ1v) is 9.71. The SMILES string of the molecule is O=C(CC(=O)Nc1ccc(F)cc1)NN=Cc1ccccc1OCc1ccc(Cl)cc1. The molecule has 0 bridgehead atoms. The van der Waals surface area contributed by atoms with E-state index in [4.69, 9.17) is 16.3 Å². The summed E-state index contributed by atoms with van der Waals surface area (Å²) < 4.78 is 18.7. The van der Waals surface area contributed by atoms with E-state index in [9.17, 15) is 14.0 Å². The van der Waals surface area contributed by atoms with Gasteiger partial charge in [0.05, 0.1) is 6.21 Å². The summed E-state index contributed by atoms with van der Waals surface area (Å²) in [7, 11) is 0. The van der Waals surface area contributed by atoms with E-state index in [2.05, 4.69) is 15.8 Å². The van der Waals surface area contributed by atoms with Crippen LogP contribution in [0.2, 0.25) is 5.02 Å². The van der Waals surface area contributed by atoms with E-state index in [1.165, 1.54) is 30.5 Å². The summed E-state index contributed by atoms with van der Waals surface area (Å²) in [6, 6.07) is 19.8. The van der Waals surface area contributed by atoms with Crippen LogP contribution in [0.1, 0.15) is 17.5 Å². The van der Waals surface area contributed by atoms with E-state index in [-0.39, 0.29) is 0 Å². The number of carbonyl (C=O) groups excluding carboxylic acids is 2. The van der Waals surface area contributed by atoms with Gasteiger partial charge >= 0.3 is 0 Å². The fraction of sp³-hybridized carbons (Fsp3) is 0.0870. The molecule has 158 valence electrons. The zero-order valence-electron chi connectivity index (χ0n) is 16.3. The Morgan fingerprint density at radius 3 is 2.42 bits per heavy atom. The van der Waals surface area contributed by atoms with E-state index in [1.807, 2.05) is 24.3 Å². The van der Waals surface area contributed by atoms with Crippen LogP contribution < -0.4 is 15.5 Å². The van der Waals surface area contributed by atoms with Crippen molar-refractivity contribution >= 4 is 35.3 Å². The van der Waals surface area contributed by atoms with Gasteiger partial charge in [0.1, 0.15) is 24.6 Å². The summed E-state index contributed by atoms with van der Waals surface area (Å²) in [6.07, 6.45) is 1.01. The van der Waals surface area contributed by atoms with Gasteiger partial charge in [0, 0.05) is 16.3 Å². The molecular formula is C23H19ClFN3O3. The van der Waals surface area contributed by atoms with Gasteiger partial charge < -0.3 is 10.1 Å². The van der Waals surface area contributed by atoms with E-state index in [0.717, 1.165) is 5.56 Å². The van der Waals surface area contributed by atoms with Crippen LogP contribution in [0.25, 0.3) is 0 Å². The predicted molar refractivity (Wildman–Crippen MR) is 118 cm³/mol. The summed E-state index contributed by atoms with van der Waals surface area (Å²) in [4.78, 5) is 23.8. The number of hydrazone groups is 1. The van der Waals surface area contributed by atoms with Gasteiger partial charge in [-0.2, -0.15) is 5.10 Å². The van der Waals surface area contributed by atoms with Gasteiger partial charge in [-0.25, -0.2) is 9.82 Å². The number of hydrogen-bond acceptors (Lipinski definition) is 4. The van der Waals surface area contributed by atoms with E-state index < -0.39 is 24.1 Å². The van der Waals surface area contributed by atoms with Crippen molar-refractivity contribution < 1.29 is 18.7 Å². The Balaban J connectivity index is 1.50. The zero-order chi connectivity index (χ0) is 22.1. The van der Waals surface area contributed by atoms with Gasteiger partial charge in [0.15, 0.2) is 0 Å². The summed E-state index contributed by atoms with van der Waals surface area (Å²) in [5.74, 6) is -0.951. The van der Waals surface area contributed by atoms with Crippen LogP contribution in [0.3, 0.4) is 0 Å². The Hall–Kier alpha value is -3.71. The van der Waals surface area contributed by atoms with Crippen molar-refractivity contribution in [3.05, 3.63) is 94.8 Å². The van der Waals surface area contributed by atoms with Gasteiger partial charge in [0.2, 0.25) is 11.8 Å². The highest BCUT2D eigenvalue weighted by Crippen LogP contribution is 2.18. The van der Waals surface area contributed by atoms with Crippen molar-refractivity contribution in [2.45, 2.75) is 13.0 Å². The third-order valence-corrected chi connectivity index (χ3v) is 4.32. The average Bonchev–Trinajstić information content (AvgIpc) is 2.76. The number of para-hydroxylation sites is 1. The molecule has 3 aromatic carbocycles. The lowest BCUT2D eigenvalue weighted by Crippen LogP contribution is -2.24. The van der Waals surface area contributed by atoms with Gasteiger partial charge in [0.25, 0.3) is 0 Å². The summed E-state index contributed by atoms with van der Waals surface area (Å²) in [6.45, 7) is 0.345. The van der Waals surface area contributed by atoms with Crippen LogP contribution in [-0.4, -0.2) is 18.0 Å². The van der Waals surface area contributed by atoms with Gasteiger partial charge in [-0.05, 0) is 54.1 Å². The highest BCUT2D eigenvalue weighted by atomic mass is 35.5. The molecule has 2 N–H and O–H groups in total. The van der Waals surface area contributed by atoms with Crippen molar-refractivity contribution in [2.75, 3.05) is 5.32 Å². The monoisotopic (exact) mass is 439 g/mol. The van der Waals surface area contributed by atoms with Crippen LogP contribution in [0.4, 0.5) is 10.1 Å². The minimum atomic E-state index is -0.588. The number of rotatable bonds is 8. The third kappa shape index (κ3) is 7.24. The van der Waals surface area contributed by atoms with E-state index in [0.29, 0.717) is 28.6 Å². The highest BCUT2D eigenvalue weighted by molar-refractivity contribution is 6.30. The smallest absolute Gasteiger partial charge is 0.249 e. The number of halogens is 2. The molecule has 0 unspecified atom stereocenters. The first-order chi connectivity index (χ1) is 15.0. The Morgan fingerprint density at radius 2 is 1.68 bits per heavy atom. The van der Waals surface area contributed by atoms with E-state index in [1.54, 1.807) is 24.3 Å². The van der Waals surface area contributed by atoms with Crippen molar-refractivity contribution in [3.8, 4) is 5.75 Å². The molecule has 0 heterocycles. The summed E-state index contributed by atoms with van der Waals surface area (Å²) >= 11 is 5.88. The number of amides is 2. The molecule has 0 atom stereocenters. The maximum atomic E-state index is 12.9. The van der Waals surface area contributed by atoms with Gasteiger partial charge in [-0.1, -0.05) is 35.9 Å². The van der Waals surface area contributed by atoms with Crippen LogP contribution in [0, 0.1) is 5.82 Å².